The molecule has 0 aliphatic rings. The van der Waals surface area contributed by atoms with E-state index in [9.17, 15) is 28.1 Å². The van der Waals surface area contributed by atoms with E-state index in [0.717, 1.165) is 23.4 Å². The first-order valence-corrected chi connectivity index (χ1v) is 14.6. The van der Waals surface area contributed by atoms with Gasteiger partial charge in [0.1, 0.15) is 6.04 Å². The lowest BCUT2D eigenvalue weighted by Crippen LogP contribution is -2.40. The number of carbonyl (C=O) groups is 2. The fourth-order valence-corrected chi connectivity index (χ4v) is 5.95. The van der Waals surface area contributed by atoms with Gasteiger partial charge in [0.15, 0.2) is 6.10 Å². The zero-order valence-electron chi connectivity index (χ0n) is 24.1. The van der Waals surface area contributed by atoms with Crippen molar-refractivity contribution in [3.8, 4) is 5.69 Å². The molecular weight excluding hydrogens is 576 g/mol. The quantitative estimate of drug-likeness (QED) is 0.156. The summed E-state index contributed by atoms with van der Waals surface area (Å²) < 4.78 is 41.0. The zero-order chi connectivity index (χ0) is 31.5. The molecule has 3 aromatic carbocycles. The van der Waals surface area contributed by atoms with Crippen LogP contribution in [0.15, 0.2) is 78.2 Å². The molecule has 0 aliphatic carbocycles. The average molecular weight is 607 g/mol. The Morgan fingerprint density at radius 1 is 1.02 bits per heavy atom. The maximum atomic E-state index is 13.5. The number of imidazole rings is 1. The van der Waals surface area contributed by atoms with Gasteiger partial charge in [0, 0.05) is 41.3 Å². The van der Waals surface area contributed by atoms with Crippen molar-refractivity contribution in [3.63, 3.8) is 0 Å². The van der Waals surface area contributed by atoms with Crippen LogP contribution in [0.5, 0.6) is 0 Å². The first kappa shape index (κ1) is 31.1. The predicted molar refractivity (Wildman–Crippen MR) is 156 cm³/mol. The Morgan fingerprint density at radius 2 is 1.72 bits per heavy atom. The lowest BCUT2D eigenvalue weighted by atomic mass is 9.89. The van der Waals surface area contributed by atoms with E-state index in [1.807, 2.05) is 25.1 Å². The van der Waals surface area contributed by atoms with Crippen LogP contribution in [0.4, 0.5) is 5.69 Å². The van der Waals surface area contributed by atoms with Crippen LogP contribution in [0.2, 0.25) is 0 Å². The van der Waals surface area contributed by atoms with Gasteiger partial charge in [0.05, 0.1) is 28.8 Å². The standard InChI is InChI=1S/C30H30N4O8S/c1-18-9-10-23(33-12-11-31-17-33)16-26(18)28(27-19(2)13-22(14-20(27)3)30(36)41-5)42-29(35)21(4)32-43(39,40)25-8-6-7-24(15-25)34(37)38/h6-17,21,28,32H,1-5H3/t21-,28?/m0/s1. The van der Waals surface area contributed by atoms with E-state index in [1.54, 1.807) is 49.3 Å². The molecule has 4 aromatic rings. The molecule has 1 unspecified atom stereocenters. The maximum absolute atomic E-state index is 13.5. The molecular formula is C30H30N4O8S. The normalized spacial score (nSPS) is 12.8. The van der Waals surface area contributed by atoms with Gasteiger partial charge in [0.25, 0.3) is 5.69 Å². The second-order valence-electron chi connectivity index (χ2n) is 9.94. The minimum absolute atomic E-state index is 0.327. The van der Waals surface area contributed by atoms with Gasteiger partial charge in [0.2, 0.25) is 10.0 Å². The number of aryl methyl sites for hydroxylation is 3. The first-order valence-electron chi connectivity index (χ1n) is 13.1. The molecule has 1 N–H and O–H groups in total. The number of methoxy groups -OCH3 is 1. The minimum Gasteiger partial charge on any atom is -0.465 e. The molecule has 1 aromatic heterocycles. The van der Waals surface area contributed by atoms with E-state index in [1.165, 1.54) is 26.2 Å². The van der Waals surface area contributed by atoms with Crippen molar-refractivity contribution in [3.05, 3.63) is 117 Å². The topological polar surface area (TPSA) is 160 Å². The van der Waals surface area contributed by atoms with Crippen LogP contribution in [0.1, 0.15) is 51.2 Å². The number of hydrogen-bond acceptors (Lipinski definition) is 9. The number of nitro benzene ring substituents is 1. The number of nitrogens with one attached hydrogen (secondary N) is 1. The third-order valence-electron chi connectivity index (χ3n) is 6.88. The molecule has 0 bridgehead atoms. The summed E-state index contributed by atoms with van der Waals surface area (Å²) in [5.74, 6) is -1.41. The van der Waals surface area contributed by atoms with E-state index >= 15 is 0 Å². The number of nitrogens with zero attached hydrogens (tertiary/aromatic N) is 3. The third kappa shape index (κ3) is 6.79. The van der Waals surface area contributed by atoms with Gasteiger partial charge in [-0.05, 0) is 74.7 Å². The van der Waals surface area contributed by atoms with Gasteiger partial charge in [-0.15, -0.1) is 0 Å². The lowest BCUT2D eigenvalue weighted by molar-refractivity contribution is -0.385. The third-order valence-corrected chi connectivity index (χ3v) is 8.42. The highest BCUT2D eigenvalue weighted by atomic mass is 32.2. The van der Waals surface area contributed by atoms with Crippen LogP contribution in [-0.4, -0.2) is 48.0 Å². The molecule has 0 fully saturated rings. The molecule has 0 radical (unpaired) electrons. The van der Waals surface area contributed by atoms with Crippen molar-refractivity contribution in [1.82, 2.24) is 14.3 Å². The Balaban J connectivity index is 1.74. The molecule has 12 nitrogen and oxygen atoms in total. The van der Waals surface area contributed by atoms with Gasteiger partial charge in [-0.3, -0.25) is 14.9 Å². The van der Waals surface area contributed by atoms with E-state index < -0.39 is 44.7 Å². The number of carbonyl (C=O) groups excluding carboxylic acids is 2. The van der Waals surface area contributed by atoms with Crippen LogP contribution >= 0.6 is 0 Å². The molecule has 0 aliphatic heterocycles. The van der Waals surface area contributed by atoms with Gasteiger partial charge >= 0.3 is 11.9 Å². The monoisotopic (exact) mass is 606 g/mol. The molecule has 0 saturated carbocycles. The molecule has 1 heterocycles. The van der Waals surface area contributed by atoms with Gasteiger partial charge < -0.3 is 14.0 Å². The highest BCUT2D eigenvalue weighted by molar-refractivity contribution is 7.89. The van der Waals surface area contributed by atoms with Crippen molar-refractivity contribution in [2.75, 3.05) is 7.11 Å². The van der Waals surface area contributed by atoms with Gasteiger partial charge in [-0.1, -0.05) is 12.1 Å². The molecule has 0 spiro atoms. The second kappa shape index (κ2) is 12.5. The SMILES string of the molecule is COC(=O)c1cc(C)c(C(OC(=O)[C@H](C)NS(=O)(=O)c2cccc([N+](=O)[O-])c2)c2cc(-n3ccnc3)ccc2C)c(C)c1. The number of rotatable bonds is 10. The molecule has 0 amide bonds. The Bertz CT molecular complexity index is 1780. The summed E-state index contributed by atoms with van der Waals surface area (Å²) in [5.41, 5.74) is 4.00. The summed E-state index contributed by atoms with van der Waals surface area (Å²) in [4.78, 5) is 39.9. The average Bonchev–Trinajstić information content (AvgIpc) is 3.51. The van der Waals surface area contributed by atoms with Crippen molar-refractivity contribution in [2.45, 2.75) is 44.7 Å². The van der Waals surface area contributed by atoms with Crippen molar-refractivity contribution < 1.29 is 32.4 Å². The Labute approximate surface area is 248 Å². The number of benzene rings is 3. The summed E-state index contributed by atoms with van der Waals surface area (Å²) in [5, 5.41) is 11.1. The molecule has 13 heteroatoms. The van der Waals surface area contributed by atoms with Crippen LogP contribution in [0, 0.1) is 30.9 Å². The first-order chi connectivity index (χ1) is 20.3. The van der Waals surface area contributed by atoms with E-state index in [4.69, 9.17) is 9.47 Å². The predicted octanol–water partition coefficient (Wildman–Crippen LogP) is 4.49. The van der Waals surface area contributed by atoms with Crippen LogP contribution in [0.25, 0.3) is 5.69 Å². The summed E-state index contributed by atoms with van der Waals surface area (Å²) in [6, 6.07) is 12.0. The number of non-ortho nitro benzene ring substituents is 1. The number of hydrogen-bond donors (Lipinski definition) is 1. The van der Waals surface area contributed by atoms with Crippen molar-refractivity contribution in [2.24, 2.45) is 0 Å². The number of ether oxygens (including phenoxy) is 2. The summed E-state index contributed by atoms with van der Waals surface area (Å²) in [6.45, 7) is 6.73. The smallest absolute Gasteiger partial charge is 0.337 e. The van der Waals surface area contributed by atoms with Crippen LogP contribution < -0.4 is 4.72 Å². The molecule has 2 atom stereocenters. The Kier molecular flexibility index (Phi) is 9.07. The van der Waals surface area contributed by atoms with E-state index in [2.05, 4.69) is 9.71 Å². The summed E-state index contributed by atoms with van der Waals surface area (Å²) in [6.07, 6.45) is 4.03. The lowest BCUT2D eigenvalue weighted by Gasteiger charge is -2.26. The number of aromatic nitrogens is 2. The molecule has 43 heavy (non-hydrogen) atoms. The summed E-state index contributed by atoms with van der Waals surface area (Å²) in [7, 11) is -3.04. The fourth-order valence-electron chi connectivity index (χ4n) is 4.72. The van der Waals surface area contributed by atoms with Crippen LogP contribution in [-0.2, 0) is 24.3 Å². The van der Waals surface area contributed by atoms with Gasteiger partial charge in [-0.2, -0.15) is 4.72 Å². The maximum Gasteiger partial charge on any atom is 0.337 e. The van der Waals surface area contributed by atoms with Crippen molar-refractivity contribution >= 4 is 27.6 Å². The Hall–Kier alpha value is -4.88. The largest absolute Gasteiger partial charge is 0.465 e. The summed E-state index contributed by atoms with van der Waals surface area (Å²) >= 11 is 0. The second-order valence-corrected chi connectivity index (χ2v) is 11.7. The van der Waals surface area contributed by atoms with Gasteiger partial charge in [-0.25, -0.2) is 18.2 Å². The highest BCUT2D eigenvalue weighted by Crippen LogP contribution is 2.35. The minimum atomic E-state index is -4.32. The zero-order valence-corrected chi connectivity index (χ0v) is 24.9. The Morgan fingerprint density at radius 3 is 2.33 bits per heavy atom. The van der Waals surface area contributed by atoms with E-state index in [-0.39, 0.29) is 4.90 Å². The van der Waals surface area contributed by atoms with Crippen molar-refractivity contribution in [1.29, 1.82) is 0 Å². The number of esters is 2. The van der Waals surface area contributed by atoms with Crippen LogP contribution in [0.3, 0.4) is 0 Å². The number of nitro groups is 1. The van der Waals surface area contributed by atoms with E-state index in [0.29, 0.717) is 27.8 Å². The molecule has 0 saturated heterocycles. The fraction of sp³-hybridized carbons (Fsp3) is 0.233. The molecule has 4 rings (SSSR count). The molecule has 224 valence electrons. The number of sulfonamides is 1. The highest BCUT2D eigenvalue weighted by Gasteiger charge is 2.30.